The minimum absolute atomic E-state index is 0.0954. The van der Waals surface area contributed by atoms with E-state index in [1.54, 1.807) is 0 Å². The number of ketones is 1. The predicted molar refractivity (Wildman–Crippen MR) is 56.3 cm³/mol. The SMILES string of the molecule is CCC(OC)C(=O)C=C(O)C(C)(C)C. The lowest BCUT2D eigenvalue weighted by Crippen LogP contribution is -2.22. The fourth-order valence-corrected chi connectivity index (χ4v) is 0.928. The molecule has 0 radical (unpaired) electrons. The standard InChI is InChI=1S/C11H20O3/c1-6-9(14-5)8(12)7-10(13)11(2,3)4/h7,9,13H,6H2,1-5H3. The molecule has 3 nitrogen and oxygen atoms in total. The zero-order valence-corrected chi connectivity index (χ0v) is 9.63. The second kappa shape index (κ2) is 5.15. The number of aliphatic hydroxyl groups is 1. The van der Waals surface area contributed by atoms with Gasteiger partial charge in [0.1, 0.15) is 11.9 Å². The maximum atomic E-state index is 11.5. The Morgan fingerprint density at radius 1 is 1.50 bits per heavy atom. The summed E-state index contributed by atoms with van der Waals surface area (Å²) in [5.41, 5.74) is -0.387. The van der Waals surface area contributed by atoms with Gasteiger partial charge in [-0.15, -0.1) is 0 Å². The molecule has 0 spiro atoms. The molecule has 82 valence electrons. The van der Waals surface area contributed by atoms with E-state index in [1.165, 1.54) is 13.2 Å². The van der Waals surface area contributed by atoms with Crippen molar-refractivity contribution in [2.75, 3.05) is 7.11 Å². The Balaban J connectivity index is 4.58. The number of hydrogen-bond donors (Lipinski definition) is 1. The fraction of sp³-hybridized carbons (Fsp3) is 0.727. The second-order valence-electron chi connectivity index (χ2n) is 4.31. The summed E-state index contributed by atoms with van der Waals surface area (Å²) in [6.45, 7) is 7.41. The number of aliphatic hydroxyl groups excluding tert-OH is 1. The molecular weight excluding hydrogens is 180 g/mol. The molecule has 1 atom stereocenters. The quantitative estimate of drug-likeness (QED) is 0.560. The third-order valence-corrected chi connectivity index (χ3v) is 2.02. The zero-order valence-electron chi connectivity index (χ0n) is 9.63. The van der Waals surface area contributed by atoms with Crippen LogP contribution in [-0.2, 0) is 9.53 Å². The van der Waals surface area contributed by atoms with Gasteiger partial charge in [-0.1, -0.05) is 27.7 Å². The summed E-state index contributed by atoms with van der Waals surface area (Å²) in [5.74, 6) is -0.0829. The van der Waals surface area contributed by atoms with E-state index < -0.39 is 6.10 Å². The first-order valence-corrected chi connectivity index (χ1v) is 4.80. The number of rotatable bonds is 4. The van der Waals surface area contributed by atoms with Gasteiger partial charge in [-0.2, -0.15) is 0 Å². The minimum atomic E-state index is -0.445. The first-order valence-electron chi connectivity index (χ1n) is 4.80. The summed E-state index contributed by atoms with van der Waals surface area (Å²) in [4.78, 5) is 11.5. The van der Waals surface area contributed by atoms with Gasteiger partial charge in [0, 0.05) is 18.6 Å². The van der Waals surface area contributed by atoms with E-state index in [4.69, 9.17) is 4.74 Å². The largest absolute Gasteiger partial charge is 0.512 e. The molecule has 0 rings (SSSR count). The molecule has 0 aliphatic carbocycles. The first kappa shape index (κ1) is 13.2. The van der Waals surface area contributed by atoms with Gasteiger partial charge in [0.25, 0.3) is 0 Å². The van der Waals surface area contributed by atoms with Gasteiger partial charge in [0.2, 0.25) is 0 Å². The number of hydrogen-bond acceptors (Lipinski definition) is 3. The molecule has 0 saturated carbocycles. The molecule has 0 aliphatic heterocycles. The van der Waals surface area contributed by atoms with Crippen molar-refractivity contribution in [3.63, 3.8) is 0 Å². The van der Waals surface area contributed by atoms with Crippen LogP contribution < -0.4 is 0 Å². The van der Waals surface area contributed by atoms with Crippen LogP contribution in [0.1, 0.15) is 34.1 Å². The highest BCUT2D eigenvalue weighted by atomic mass is 16.5. The molecule has 0 aromatic heterocycles. The molecule has 0 aliphatic rings. The maximum Gasteiger partial charge on any atom is 0.187 e. The fourth-order valence-electron chi connectivity index (χ4n) is 0.928. The average molecular weight is 200 g/mol. The molecule has 3 heteroatoms. The Morgan fingerprint density at radius 3 is 2.29 bits per heavy atom. The Labute approximate surface area is 85.8 Å². The molecule has 0 fully saturated rings. The predicted octanol–water partition coefficient (Wildman–Crippen LogP) is 2.47. The van der Waals surface area contributed by atoms with Crippen molar-refractivity contribution in [1.29, 1.82) is 0 Å². The van der Waals surface area contributed by atoms with Gasteiger partial charge in [0.05, 0.1) is 0 Å². The van der Waals surface area contributed by atoms with Crippen LogP contribution in [-0.4, -0.2) is 24.1 Å². The summed E-state index contributed by atoms with van der Waals surface area (Å²) < 4.78 is 4.97. The Hall–Kier alpha value is -0.830. The molecule has 1 unspecified atom stereocenters. The van der Waals surface area contributed by atoms with E-state index in [1.807, 2.05) is 27.7 Å². The average Bonchev–Trinajstić information content (AvgIpc) is 2.04. The lowest BCUT2D eigenvalue weighted by atomic mass is 9.92. The van der Waals surface area contributed by atoms with E-state index in [0.717, 1.165) is 0 Å². The van der Waals surface area contributed by atoms with Gasteiger partial charge in [-0.05, 0) is 6.42 Å². The Bertz CT molecular complexity index is 219. The molecular formula is C11H20O3. The first-order chi connectivity index (χ1) is 6.32. The van der Waals surface area contributed by atoms with E-state index in [-0.39, 0.29) is 17.0 Å². The highest BCUT2D eigenvalue weighted by Crippen LogP contribution is 2.22. The molecule has 0 aromatic rings. The molecule has 0 bridgehead atoms. The normalized spacial score (nSPS) is 15.4. The third-order valence-electron chi connectivity index (χ3n) is 2.02. The van der Waals surface area contributed by atoms with Crippen molar-refractivity contribution in [2.45, 2.75) is 40.2 Å². The second-order valence-corrected chi connectivity index (χ2v) is 4.31. The molecule has 1 N–H and O–H groups in total. The summed E-state index contributed by atoms with van der Waals surface area (Å²) in [6, 6.07) is 0. The highest BCUT2D eigenvalue weighted by Gasteiger charge is 2.20. The van der Waals surface area contributed by atoms with E-state index >= 15 is 0 Å². The van der Waals surface area contributed by atoms with Gasteiger partial charge in [0.15, 0.2) is 5.78 Å². The zero-order chi connectivity index (χ0) is 11.4. The Kier molecular flexibility index (Phi) is 4.85. The number of methoxy groups -OCH3 is 1. The van der Waals surface area contributed by atoms with Crippen LogP contribution >= 0.6 is 0 Å². The monoisotopic (exact) mass is 200 g/mol. The van der Waals surface area contributed by atoms with Crippen LogP contribution in [0.2, 0.25) is 0 Å². The molecule has 14 heavy (non-hydrogen) atoms. The van der Waals surface area contributed by atoms with Gasteiger partial charge in [-0.3, -0.25) is 4.79 Å². The lowest BCUT2D eigenvalue weighted by Gasteiger charge is -2.18. The number of carbonyl (C=O) groups is 1. The smallest absolute Gasteiger partial charge is 0.187 e. The minimum Gasteiger partial charge on any atom is -0.512 e. The summed E-state index contributed by atoms with van der Waals surface area (Å²) in [7, 11) is 1.49. The molecule has 0 aromatic carbocycles. The third kappa shape index (κ3) is 3.92. The van der Waals surface area contributed by atoms with Crippen molar-refractivity contribution in [2.24, 2.45) is 5.41 Å². The van der Waals surface area contributed by atoms with Crippen LogP contribution in [0.5, 0.6) is 0 Å². The van der Waals surface area contributed by atoms with E-state index in [2.05, 4.69) is 0 Å². The number of allylic oxidation sites excluding steroid dienone is 1. The molecule has 0 amide bonds. The van der Waals surface area contributed by atoms with Crippen LogP contribution in [0.3, 0.4) is 0 Å². The van der Waals surface area contributed by atoms with Crippen molar-refractivity contribution >= 4 is 5.78 Å². The van der Waals surface area contributed by atoms with Crippen LogP contribution in [0.15, 0.2) is 11.8 Å². The van der Waals surface area contributed by atoms with Gasteiger partial charge < -0.3 is 9.84 Å². The van der Waals surface area contributed by atoms with Crippen LogP contribution in [0, 0.1) is 5.41 Å². The van der Waals surface area contributed by atoms with Crippen molar-refractivity contribution in [3.8, 4) is 0 Å². The summed E-state index contributed by atoms with van der Waals surface area (Å²) in [5, 5.41) is 9.58. The van der Waals surface area contributed by atoms with Gasteiger partial charge >= 0.3 is 0 Å². The van der Waals surface area contributed by atoms with Gasteiger partial charge in [-0.25, -0.2) is 0 Å². The van der Waals surface area contributed by atoms with E-state index in [0.29, 0.717) is 6.42 Å². The Morgan fingerprint density at radius 2 is 2.00 bits per heavy atom. The number of carbonyl (C=O) groups excluding carboxylic acids is 1. The van der Waals surface area contributed by atoms with Crippen molar-refractivity contribution < 1.29 is 14.6 Å². The highest BCUT2D eigenvalue weighted by molar-refractivity contribution is 5.93. The summed E-state index contributed by atoms with van der Waals surface area (Å²) in [6.07, 6.45) is 1.43. The topological polar surface area (TPSA) is 46.5 Å². The van der Waals surface area contributed by atoms with Crippen LogP contribution in [0.4, 0.5) is 0 Å². The maximum absolute atomic E-state index is 11.5. The van der Waals surface area contributed by atoms with Crippen molar-refractivity contribution in [1.82, 2.24) is 0 Å². The van der Waals surface area contributed by atoms with Crippen molar-refractivity contribution in [3.05, 3.63) is 11.8 Å². The number of ether oxygens (including phenoxy) is 1. The van der Waals surface area contributed by atoms with Crippen LogP contribution in [0.25, 0.3) is 0 Å². The summed E-state index contributed by atoms with van der Waals surface area (Å²) >= 11 is 0. The lowest BCUT2D eigenvalue weighted by molar-refractivity contribution is -0.124. The molecule has 0 heterocycles. The molecule has 0 saturated heterocycles. The van der Waals surface area contributed by atoms with E-state index in [9.17, 15) is 9.90 Å².